The number of rotatable bonds is 2. The largest absolute Gasteiger partial charge is 0.303 e. The highest BCUT2D eigenvalue weighted by molar-refractivity contribution is 6.02. The SMILES string of the molecule is Cn1cc(C#N)c(NC(=O)c2ccc(C#N)cn2)n1. The first-order valence-corrected chi connectivity index (χ1v) is 5.25. The Kier molecular flexibility index (Phi) is 3.22. The van der Waals surface area contributed by atoms with Crippen molar-refractivity contribution < 1.29 is 4.79 Å². The van der Waals surface area contributed by atoms with Crippen LogP contribution in [0.15, 0.2) is 24.5 Å². The number of carbonyl (C=O) groups is 1. The lowest BCUT2D eigenvalue weighted by Crippen LogP contribution is -2.14. The monoisotopic (exact) mass is 252 g/mol. The zero-order valence-electron chi connectivity index (χ0n) is 9.95. The second-order valence-electron chi connectivity index (χ2n) is 3.67. The number of hydrogen-bond acceptors (Lipinski definition) is 5. The summed E-state index contributed by atoms with van der Waals surface area (Å²) in [4.78, 5) is 15.7. The molecule has 2 aromatic rings. The predicted octanol–water partition coefficient (Wildman–Crippen LogP) is 0.811. The van der Waals surface area contributed by atoms with Crippen molar-refractivity contribution in [3.8, 4) is 12.1 Å². The van der Waals surface area contributed by atoms with Crippen LogP contribution in [-0.2, 0) is 7.05 Å². The van der Waals surface area contributed by atoms with Gasteiger partial charge in [-0.3, -0.25) is 9.48 Å². The fourth-order valence-corrected chi connectivity index (χ4v) is 1.43. The second-order valence-corrected chi connectivity index (χ2v) is 3.67. The van der Waals surface area contributed by atoms with Crippen LogP contribution in [-0.4, -0.2) is 20.7 Å². The van der Waals surface area contributed by atoms with Crippen molar-refractivity contribution in [2.75, 3.05) is 5.32 Å². The van der Waals surface area contributed by atoms with Crippen LogP contribution < -0.4 is 5.32 Å². The van der Waals surface area contributed by atoms with E-state index in [-0.39, 0.29) is 17.1 Å². The van der Waals surface area contributed by atoms with Gasteiger partial charge in [0.2, 0.25) is 0 Å². The Balaban J connectivity index is 2.21. The van der Waals surface area contributed by atoms with Crippen molar-refractivity contribution in [3.63, 3.8) is 0 Å². The zero-order valence-corrected chi connectivity index (χ0v) is 9.95. The van der Waals surface area contributed by atoms with Gasteiger partial charge in [0.15, 0.2) is 5.82 Å². The highest BCUT2D eigenvalue weighted by Crippen LogP contribution is 2.12. The van der Waals surface area contributed by atoms with E-state index in [1.54, 1.807) is 7.05 Å². The maximum atomic E-state index is 11.9. The molecule has 0 radical (unpaired) electrons. The van der Waals surface area contributed by atoms with E-state index in [1.807, 2.05) is 12.1 Å². The third-order valence-corrected chi connectivity index (χ3v) is 2.31. The van der Waals surface area contributed by atoms with Crippen molar-refractivity contribution in [1.29, 1.82) is 10.5 Å². The van der Waals surface area contributed by atoms with E-state index in [0.29, 0.717) is 5.56 Å². The number of nitrogens with zero attached hydrogens (tertiary/aromatic N) is 5. The van der Waals surface area contributed by atoms with Gasteiger partial charge in [0.25, 0.3) is 5.91 Å². The van der Waals surface area contributed by atoms with Gasteiger partial charge in [0.1, 0.15) is 23.4 Å². The summed E-state index contributed by atoms with van der Waals surface area (Å²) < 4.78 is 1.43. The molecule has 2 heterocycles. The molecule has 0 aliphatic rings. The number of carbonyl (C=O) groups excluding carboxylic acids is 1. The Hall–Kier alpha value is -3.19. The molecule has 7 heteroatoms. The Morgan fingerprint density at radius 3 is 2.74 bits per heavy atom. The third kappa shape index (κ3) is 2.56. The number of amides is 1. The van der Waals surface area contributed by atoms with Crippen LogP contribution in [0.5, 0.6) is 0 Å². The van der Waals surface area contributed by atoms with Crippen molar-refractivity contribution in [2.45, 2.75) is 0 Å². The maximum Gasteiger partial charge on any atom is 0.275 e. The van der Waals surface area contributed by atoms with E-state index in [1.165, 1.54) is 29.2 Å². The van der Waals surface area contributed by atoms with Gasteiger partial charge in [-0.15, -0.1) is 0 Å². The summed E-state index contributed by atoms with van der Waals surface area (Å²) in [6, 6.07) is 6.77. The number of nitrogens with one attached hydrogen (secondary N) is 1. The quantitative estimate of drug-likeness (QED) is 0.850. The van der Waals surface area contributed by atoms with E-state index in [0.717, 1.165) is 0 Å². The van der Waals surface area contributed by atoms with E-state index < -0.39 is 5.91 Å². The van der Waals surface area contributed by atoms with Gasteiger partial charge in [-0.25, -0.2) is 4.98 Å². The van der Waals surface area contributed by atoms with Crippen molar-refractivity contribution >= 4 is 11.7 Å². The first-order chi connectivity index (χ1) is 9.13. The average Bonchev–Trinajstić information content (AvgIpc) is 2.78. The smallest absolute Gasteiger partial charge is 0.275 e. The fraction of sp³-hybridized carbons (Fsp3) is 0.0833. The highest BCUT2D eigenvalue weighted by atomic mass is 16.1. The van der Waals surface area contributed by atoms with Gasteiger partial charge >= 0.3 is 0 Å². The van der Waals surface area contributed by atoms with Crippen LogP contribution in [0.25, 0.3) is 0 Å². The molecular formula is C12H8N6O. The van der Waals surface area contributed by atoms with Crippen LogP contribution >= 0.6 is 0 Å². The number of hydrogen-bond donors (Lipinski definition) is 1. The van der Waals surface area contributed by atoms with Crippen molar-refractivity contribution in [2.24, 2.45) is 7.05 Å². The summed E-state index contributed by atoms with van der Waals surface area (Å²) in [5.74, 6) is -0.305. The van der Waals surface area contributed by atoms with Gasteiger partial charge in [-0.1, -0.05) is 0 Å². The molecule has 0 atom stereocenters. The second kappa shape index (κ2) is 4.98. The van der Waals surface area contributed by atoms with Gasteiger partial charge in [0.05, 0.1) is 5.56 Å². The molecule has 19 heavy (non-hydrogen) atoms. The van der Waals surface area contributed by atoms with Crippen LogP contribution in [0.2, 0.25) is 0 Å². The molecule has 0 aromatic carbocycles. The van der Waals surface area contributed by atoms with E-state index >= 15 is 0 Å². The summed E-state index contributed by atoms with van der Waals surface area (Å²) in [5, 5.41) is 24.0. The number of aromatic nitrogens is 3. The topological polar surface area (TPSA) is 107 Å². The Labute approximate surface area is 108 Å². The highest BCUT2D eigenvalue weighted by Gasteiger charge is 2.13. The molecule has 0 aliphatic heterocycles. The molecule has 2 aromatic heterocycles. The van der Waals surface area contributed by atoms with Crippen LogP contribution in [0.4, 0.5) is 5.82 Å². The molecule has 0 aliphatic carbocycles. The third-order valence-electron chi connectivity index (χ3n) is 2.31. The van der Waals surface area contributed by atoms with Crippen molar-refractivity contribution in [3.05, 3.63) is 41.3 Å². The molecule has 0 fully saturated rings. The molecule has 0 saturated heterocycles. The standard InChI is InChI=1S/C12H8N6O/c1-18-7-9(5-14)11(17-18)16-12(19)10-3-2-8(4-13)6-15-10/h2-3,6-7H,1H3,(H,16,17,19). The summed E-state index contributed by atoms with van der Waals surface area (Å²) in [5.41, 5.74) is 0.783. The van der Waals surface area contributed by atoms with Gasteiger partial charge in [-0.2, -0.15) is 15.6 Å². The first-order valence-electron chi connectivity index (χ1n) is 5.25. The van der Waals surface area contributed by atoms with E-state index in [2.05, 4.69) is 15.4 Å². The molecule has 0 unspecified atom stereocenters. The summed E-state index contributed by atoms with van der Waals surface area (Å²) in [7, 11) is 1.65. The normalized spacial score (nSPS) is 9.42. The Morgan fingerprint density at radius 1 is 1.37 bits per heavy atom. The average molecular weight is 252 g/mol. The van der Waals surface area contributed by atoms with E-state index in [4.69, 9.17) is 10.5 Å². The van der Waals surface area contributed by atoms with Crippen LogP contribution in [0.1, 0.15) is 21.6 Å². The van der Waals surface area contributed by atoms with Gasteiger partial charge in [-0.05, 0) is 12.1 Å². The predicted molar refractivity (Wildman–Crippen MR) is 64.8 cm³/mol. The molecule has 0 saturated carbocycles. The Bertz CT molecular complexity index is 701. The summed E-state index contributed by atoms with van der Waals surface area (Å²) >= 11 is 0. The molecule has 0 bridgehead atoms. The number of nitriles is 2. The molecule has 1 N–H and O–H groups in total. The lowest BCUT2D eigenvalue weighted by atomic mass is 10.2. The molecular weight excluding hydrogens is 244 g/mol. The number of pyridine rings is 1. The molecule has 92 valence electrons. The lowest BCUT2D eigenvalue weighted by molar-refractivity contribution is 0.102. The molecule has 7 nitrogen and oxygen atoms in total. The molecule has 0 spiro atoms. The van der Waals surface area contributed by atoms with E-state index in [9.17, 15) is 4.79 Å². The minimum atomic E-state index is -0.486. The summed E-state index contributed by atoms with van der Waals surface area (Å²) in [6.07, 6.45) is 2.81. The maximum absolute atomic E-state index is 11.9. The number of aryl methyl sites for hydroxylation is 1. The van der Waals surface area contributed by atoms with Crippen molar-refractivity contribution in [1.82, 2.24) is 14.8 Å². The van der Waals surface area contributed by atoms with Gasteiger partial charge in [0, 0.05) is 19.4 Å². The van der Waals surface area contributed by atoms with Gasteiger partial charge < -0.3 is 5.32 Å². The van der Waals surface area contributed by atoms with Crippen LogP contribution in [0.3, 0.4) is 0 Å². The zero-order chi connectivity index (χ0) is 13.8. The summed E-state index contributed by atoms with van der Waals surface area (Å²) in [6.45, 7) is 0. The lowest BCUT2D eigenvalue weighted by Gasteiger charge is -2.01. The molecule has 1 amide bonds. The molecule has 2 rings (SSSR count). The minimum absolute atomic E-state index is 0.147. The minimum Gasteiger partial charge on any atom is -0.303 e. The van der Waals surface area contributed by atoms with Crippen LogP contribution in [0, 0.1) is 22.7 Å². The Morgan fingerprint density at radius 2 is 2.16 bits per heavy atom. The first kappa shape index (κ1) is 12.3. The fourth-order valence-electron chi connectivity index (χ4n) is 1.43. The number of anilines is 1.